The first kappa shape index (κ1) is 17.9. The number of nitrogens with one attached hydrogen (secondary N) is 1. The van der Waals surface area contributed by atoms with E-state index in [1.807, 2.05) is 4.72 Å². The molecule has 1 aromatic rings. The molecule has 0 radical (unpaired) electrons. The lowest BCUT2D eigenvalue weighted by Gasteiger charge is -2.14. The van der Waals surface area contributed by atoms with Gasteiger partial charge in [-0.25, -0.2) is 8.42 Å². The van der Waals surface area contributed by atoms with Gasteiger partial charge in [0.1, 0.15) is 6.04 Å². The minimum Gasteiger partial charge on any atom is -0.480 e. The van der Waals surface area contributed by atoms with Crippen molar-refractivity contribution in [3.63, 3.8) is 0 Å². The second kappa shape index (κ2) is 7.21. The van der Waals surface area contributed by atoms with E-state index in [1.54, 1.807) is 0 Å². The molecule has 0 saturated carbocycles. The zero-order valence-electron chi connectivity index (χ0n) is 10.5. The minimum absolute atomic E-state index is 0.149. The summed E-state index contributed by atoms with van der Waals surface area (Å²) in [6, 6.07) is 2.40. The van der Waals surface area contributed by atoms with Gasteiger partial charge in [0.2, 0.25) is 15.9 Å². The van der Waals surface area contributed by atoms with E-state index < -0.39 is 27.9 Å². The summed E-state index contributed by atoms with van der Waals surface area (Å²) in [5.74, 6) is -2.11. The molecule has 1 amide bonds. The lowest BCUT2D eigenvalue weighted by molar-refractivity contribution is -0.139. The molecule has 1 atom stereocenters. The van der Waals surface area contributed by atoms with Crippen molar-refractivity contribution in [3.8, 4) is 0 Å². The lowest BCUT2D eigenvalue weighted by atomic mass is 10.2. The van der Waals surface area contributed by atoms with Crippen LogP contribution in [0.15, 0.2) is 27.6 Å². The van der Waals surface area contributed by atoms with Crippen LogP contribution in [0.2, 0.25) is 5.02 Å². The number of carboxylic acid groups (broad SMARTS) is 1. The zero-order valence-corrected chi connectivity index (χ0v) is 13.7. The number of aliphatic carboxylic acids is 1. The molecule has 0 spiro atoms. The van der Waals surface area contributed by atoms with Crippen LogP contribution in [0.1, 0.15) is 12.8 Å². The van der Waals surface area contributed by atoms with Crippen LogP contribution in [0, 0.1) is 0 Å². The molecule has 1 aromatic carbocycles. The molecule has 0 aliphatic carbocycles. The molecule has 116 valence electrons. The Labute approximate surface area is 134 Å². The summed E-state index contributed by atoms with van der Waals surface area (Å²) in [6.45, 7) is 0. The van der Waals surface area contributed by atoms with E-state index in [2.05, 4.69) is 15.9 Å². The van der Waals surface area contributed by atoms with Gasteiger partial charge in [-0.15, -0.1) is 0 Å². The molecule has 0 aromatic heterocycles. The van der Waals surface area contributed by atoms with Crippen molar-refractivity contribution in [2.75, 3.05) is 0 Å². The van der Waals surface area contributed by atoms with Crippen LogP contribution in [0.5, 0.6) is 0 Å². The van der Waals surface area contributed by atoms with Crippen molar-refractivity contribution in [1.29, 1.82) is 0 Å². The maximum Gasteiger partial charge on any atom is 0.321 e. The number of carbonyl (C=O) groups is 2. The second-order valence-electron chi connectivity index (χ2n) is 4.09. The highest BCUT2D eigenvalue weighted by Gasteiger charge is 2.26. The van der Waals surface area contributed by atoms with Gasteiger partial charge < -0.3 is 10.8 Å². The maximum atomic E-state index is 12.1. The third kappa shape index (κ3) is 5.27. The van der Waals surface area contributed by atoms with Crippen LogP contribution in [-0.2, 0) is 19.6 Å². The van der Waals surface area contributed by atoms with E-state index in [1.165, 1.54) is 18.2 Å². The van der Waals surface area contributed by atoms with Crippen molar-refractivity contribution < 1.29 is 23.1 Å². The molecule has 0 aliphatic heterocycles. The lowest BCUT2D eigenvalue weighted by Crippen LogP contribution is -2.41. The van der Waals surface area contributed by atoms with Crippen LogP contribution < -0.4 is 10.5 Å². The fourth-order valence-electron chi connectivity index (χ4n) is 1.42. The van der Waals surface area contributed by atoms with Crippen molar-refractivity contribution in [2.24, 2.45) is 5.73 Å². The summed E-state index contributed by atoms with van der Waals surface area (Å²) >= 11 is 8.85. The predicted molar refractivity (Wildman–Crippen MR) is 79.3 cm³/mol. The fourth-order valence-corrected chi connectivity index (χ4v) is 3.32. The average Bonchev–Trinajstić information content (AvgIpc) is 2.37. The minimum atomic E-state index is -4.06. The Bertz CT molecular complexity index is 665. The van der Waals surface area contributed by atoms with Crippen molar-refractivity contribution >= 4 is 49.4 Å². The molecule has 21 heavy (non-hydrogen) atoms. The molecule has 7 nitrogen and oxygen atoms in total. The fraction of sp³-hybridized carbons (Fsp3) is 0.273. The molecule has 0 fully saturated rings. The number of primary amides is 1. The number of sulfonamides is 1. The average molecular weight is 400 g/mol. The summed E-state index contributed by atoms with van der Waals surface area (Å²) in [6.07, 6.45) is -0.484. The zero-order chi connectivity index (χ0) is 16.2. The van der Waals surface area contributed by atoms with Gasteiger partial charge in [0.05, 0.1) is 9.92 Å². The third-order valence-electron chi connectivity index (χ3n) is 2.48. The first-order valence-corrected chi connectivity index (χ1v) is 8.27. The van der Waals surface area contributed by atoms with E-state index in [0.717, 1.165) is 0 Å². The summed E-state index contributed by atoms with van der Waals surface area (Å²) < 4.78 is 26.6. The summed E-state index contributed by atoms with van der Waals surface area (Å²) in [4.78, 5) is 21.6. The molecule has 4 N–H and O–H groups in total. The number of carboxylic acids is 1. The van der Waals surface area contributed by atoms with Crippen LogP contribution in [0.25, 0.3) is 0 Å². The van der Waals surface area contributed by atoms with Crippen molar-refractivity contribution in [1.82, 2.24) is 4.72 Å². The van der Waals surface area contributed by atoms with Gasteiger partial charge in [-0.05, 0) is 40.5 Å². The van der Waals surface area contributed by atoms with Crippen LogP contribution >= 0.6 is 27.5 Å². The molecule has 0 bridgehead atoms. The first-order valence-electron chi connectivity index (χ1n) is 5.62. The van der Waals surface area contributed by atoms with E-state index in [-0.39, 0.29) is 17.7 Å². The van der Waals surface area contributed by atoms with E-state index >= 15 is 0 Å². The predicted octanol–water partition coefficient (Wildman–Crippen LogP) is 1.10. The molecule has 1 rings (SSSR count). The quantitative estimate of drug-likeness (QED) is 0.633. The smallest absolute Gasteiger partial charge is 0.321 e. The van der Waals surface area contributed by atoms with Gasteiger partial charge in [0.15, 0.2) is 0 Å². The van der Waals surface area contributed by atoms with Gasteiger partial charge in [-0.3, -0.25) is 9.59 Å². The summed E-state index contributed by atoms with van der Waals surface area (Å²) in [5, 5.41) is 9.30. The van der Waals surface area contributed by atoms with Gasteiger partial charge in [-0.1, -0.05) is 11.6 Å². The first-order chi connectivity index (χ1) is 9.63. The van der Waals surface area contributed by atoms with Crippen LogP contribution in [0.4, 0.5) is 0 Å². The number of nitrogens with two attached hydrogens (primary N) is 1. The SMILES string of the molecule is NC(=O)CC[C@@H](NS(=O)(=O)c1ccc(Cl)c(Br)c1)C(=O)O. The Balaban J connectivity index is 2.97. The molecular formula is C11H12BrClN2O5S. The Morgan fingerprint density at radius 3 is 2.52 bits per heavy atom. The monoisotopic (exact) mass is 398 g/mol. The van der Waals surface area contributed by atoms with E-state index in [0.29, 0.717) is 9.50 Å². The number of amides is 1. The highest BCUT2D eigenvalue weighted by Crippen LogP contribution is 2.25. The standard InChI is InChI=1S/C11H12BrClN2O5S/c12-7-5-6(1-2-8(7)13)21(19,20)15-9(11(17)18)3-4-10(14)16/h1-2,5,9,15H,3-4H2,(H2,14,16)(H,17,18)/t9-/m1/s1. The largest absolute Gasteiger partial charge is 0.480 e. The number of hydrogen-bond donors (Lipinski definition) is 3. The third-order valence-corrected chi connectivity index (χ3v) is 5.16. The summed E-state index contributed by atoms with van der Waals surface area (Å²) in [7, 11) is -4.06. The molecule has 0 unspecified atom stereocenters. The number of benzene rings is 1. The Kier molecular flexibility index (Phi) is 6.14. The summed E-state index contributed by atoms with van der Waals surface area (Å²) in [5.41, 5.74) is 4.92. The Morgan fingerprint density at radius 1 is 1.43 bits per heavy atom. The highest BCUT2D eigenvalue weighted by molar-refractivity contribution is 9.10. The second-order valence-corrected chi connectivity index (χ2v) is 7.07. The molecule has 0 aliphatic rings. The van der Waals surface area contributed by atoms with Gasteiger partial charge in [0.25, 0.3) is 0 Å². The topological polar surface area (TPSA) is 127 Å². The normalized spacial score (nSPS) is 12.9. The molecular weight excluding hydrogens is 388 g/mol. The molecule has 10 heteroatoms. The number of carbonyl (C=O) groups excluding carboxylic acids is 1. The molecule has 0 heterocycles. The van der Waals surface area contributed by atoms with Crippen molar-refractivity contribution in [3.05, 3.63) is 27.7 Å². The van der Waals surface area contributed by atoms with Gasteiger partial charge >= 0.3 is 5.97 Å². The highest BCUT2D eigenvalue weighted by atomic mass is 79.9. The van der Waals surface area contributed by atoms with Crippen LogP contribution in [0.3, 0.4) is 0 Å². The Morgan fingerprint density at radius 2 is 2.05 bits per heavy atom. The maximum absolute atomic E-state index is 12.1. The van der Waals surface area contributed by atoms with Crippen LogP contribution in [-0.4, -0.2) is 31.4 Å². The van der Waals surface area contributed by atoms with Gasteiger partial charge in [0, 0.05) is 10.9 Å². The van der Waals surface area contributed by atoms with E-state index in [4.69, 9.17) is 22.4 Å². The Hall–Kier alpha value is -1.16. The van der Waals surface area contributed by atoms with Crippen molar-refractivity contribution in [2.45, 2.75) is 23.8 Å². The molecule has 0 saturated heterocycles. The van der Waals surface area contributed by atoms with E-state index in [9.17, 15) is 18.0 Å². The number of halogens is 2. The van der Waals surface area contributed by atoms with Gasteiger partial charge in [-0.2, -0.15) is 4.72 Å². The number of hydrogen-bond acceptors (Lipinski definition) is 4. The number of rotatable bonds is 7.